The molecule has 0 radical (unpaired) electrons. The molecule has 0 saturated heterocycles. The predicted octanol–water partition coefficient (Wildman–Crippen LogP) is 21.4. The van der Waals surface area contributed by atoms with Crippen molar-refractivity contribution in [3.8, 4) is 0 Å². The Morgan fingerprint density at radius 1 is 0.353 bits per heavy atom. The van der Waals surface area contributed by atoms with Gasteiger partial charge < -0.3 is 33.3 Å². The van der Waals surface area contributed by atoms with Crippen LogP contribution in [0.3, 0.4) is 0 Å². The van der Waals surface area contributed by atoms with Crippen LogP contribution in [0.25, 0.3) is 0 Å². The van der Waals surface area contributed by atoms with Crippen LogP contribution in [0.15, 0.2) is 60.8 Å². The Kier molecular flexibility index (Phi) is 64.6. The third-order valence-electron chi connectivity index (χ3n) is 16.2. The maximum atomic E-state index is 12.9. The molecular formula is C76H139NO8. The first-order valence-corrected chi connectivity index (χ1v) is 36.4. The zero-order valence-electron chi connectivity index (χ0n) is 56.7. The van der Waals surface area contributed by atoms with E-state index in [2.05, 4.69) is 74.6 Å². The van der Waals surface area contributed by atoms with Crippen molar-refractivity contribution < 1.29 is 42.9 Å². The number of unbranched alkanes of at least 4 members (excludes halogenated alkanes) is 43. The molecule has 0 bridgehead atoms. The number of rotatable bonds is 68. The molecule has 9 heteroatoms. The fourth-order valence-electron chi connectivity index (χ4n) is 10.6. The summed E-state index contributed by atoms with van der Waals surface area (Å²) < 4.78 is 22.8. The summed E-state index contributed by atoms with van der Waals surface area (Å²) in [5, 5.41) is 11.8. The number of allylic oxidation sites excluding steroid dienone is 10. The summed E-state index contributed by atoms with van der Waals surface area (Å²) >= 11 is 0. The van der Waals surface area contributed by atoms with Gasteiger partial charge in [0.15, 0.2) is 12.4 Å². The van der Waals surface area contributed by atoms with Gasteiger partial charge in [0, 0.05) is 12.8 Å². The van der Waals surface area contributed by atoms with Crippen LogP contribution in [-0.4, -0.2) is 82.3 Å². The van der Waals surface area contributed by atoms with Gasteiger partial charge in [-0.2, -0.15) is 0 Å². The molecule has 0 aliphatic heterocycles. The summed E-state index contributed by atoms with van der Waals surface area (Å²) in [4.78, 5) is 37.5. The third kappa shape index (κ3) is 68.3. The van der Waals surface area contributed by atoms with Gasteiger partial charge in [-0.3, -0.25) is 9.59 Å². The minimum Gasteiger partial charge on any atom is -0.545 e. The third-order valence-corrected chi connectivity index (χ3v) is 16.2. The largest absolute Gasteiger partial charge is 0.545 e. The van der Waals surface area contributed by atoms with Gasteiger partial charge in [0.05, 0.1) is 40.3 Å². The molecule has 0 aromatic heterocycles. The highest BCUT2D eigenvalue weighted by Crippen LogP contribution is 2.18. The molecule has 0 aliphatic carbocycles. The molecule has 0 saturated carbocycles. The number of carbonyl (C=O) groups is 3. The molecular weight excluding hydrogens is 1050 g/mol. The molecule has 2 atom stereocenters. The van der Waals surface area contributed by atoms with E-state index in [9.17, 15) is 19.5 Å². The first kappa shape index (κ1) is 82.0. The van der Waals surface area contributed by atoms with Crippen molar-refractivity contribution in [1.82, 2.24) is 0 Å². The Balaban J connectivity index is 4.02. The molecule has 85 heavy (non-hydrogen) atoms. The van der Waals surface area contributed by atoms with Crippen LogP contribution in [0.1, 0.15) is 348 Å². The maximum absolute atomic E-state index is 12.9. The number of nitrogens with zero attached hydrogens (tertiary/aromatic N) is 1. The second-order valence-corrected chi connectivity index (χ2v) is 25.9. The highest BCUT2D eigenvalue weighted by Gasteiger charge is 2.22. The summed E-state index contributed by atoms with van der Waals surface area (Å²) in [5.41, 5.74) is 0. The SMILES string of the molecule is CCCCCCC/C=C\C/C=C\C/C=C\CCCCCCCCCCCCCCCCCCCCCCCCC(=O)OC(COC(=O)CCCCCCCCCCCCC/C=C\C/C=C\CCCCCCC)COC(OCC[N+](C)(C)C)C(=O)[O-]. The fraction of sp³-hybridized carbons (Fsp3) is 0.829. The maximum Gasteiger partial charge on any atom is 0.306 e. The van der Waals surface area contributed by atoms with Crippen molar-refractivity contribution in [1.29, 1.82) is 0 Å². The number of ether oxygens (including phenoxy) is 4. The van der Waals surface area contributed by atoms with E-state index in [4.69, 9.17) is 18.9 Å². The van der Waals surface area contributed by atoms with Gasteiger partial charge >= 0.3 is 11.9 Å². The Bertz CT molecular complexity index is 1580. The minimum atomic E-state index is -1.62. The first-order chi connectivity index (χ1) is 41.6. The molecule has 0 amide bonds. The molecule has 9 nitrogen and oxygen atoms in total. The highest BCUT2D eigenvalue weighted by atomic mass is 16.7. The van der Waals surface area contributed by atoms with Crippen LogP contribution in [0.5, 0.6) is 0 Å². The molecule has 0 N–H and O–H groups in total. The molecule has 0 aliphatic rings. The van der Waals surface area contributed by atoms with Crippen molar-refractivity contribution in [3.05, 3.63) is 60.8 Å². The van der Waals surface area contributed by atoms with Gasteiger partial charge in [-0.05, 0) is 83.5 Å². The number of esters is 2. The summed E-state index contributed by atoms with van der Waals surface area (Å²) in [6.07, 6.45) is 84.6. The monoisotopic (exact) mass is 1190 g/mol. The lowest BCUT2D eigenvalue weighted by Crippen LogP contribution is -2.44. The van der Waals surface area contributed by atoms with Crippen LogP contribution >= 0.6 is 0 Å². The Labute approximate surface area is 526 Å². The lowest BCUT2D eigenvalue weighted by atomic mass is 10.0. The normalized spacial score (nSPS) is 13.0. The molecule has 2 unspecified atom stereocenters. The Hall–Kier alpha value is -3.01. The number of carboxylic acid groups (broad SMARTS) is 1. The van der Waals surface area contributed by atoms with E-state index in [1.165, 1.54) is 263 Å². The number of carbonyl (C=O) groups excluding carboxylic acids is 3. The standard InChI is InChI=1S/C76H139NO8/c1-6-8-10-12-14-16-18-20-22-24-26-28-30-31-32-33-34-35-36-37-38-39-40-41-42-43-45-47-49-51-53-55-57-59-61-63-65-67-74(79)85-72(71-84-76(75(80)81)82-69-68-77(3,4)5)70-83-73(78)66-64-62-60-58-56-54-52-50-48-46-44-29-27-25-23-21-19-17-15-13-11-9-7-2/h18-21,24-27,30-31,72,76H,6-17,22-23,28-29,32-71H2,1-5H3/b20-18-,21-19-,26-24-,27-25-,31-30-. The van der Waals surface area contributed by atoms with E-state index in [0.717, 1.165) is 51.4 Å². The van der Waals surface area contributed by atoms with Crippen molar-refractivity contribution in [2.24, 2.45) is 0 Å². The highest BCUT2D eigenvalue weighted by molar-refractivity contribution is 5.70. The van der Waals surface area contributed by atoms with Gasteiger partial charge in [0.25, 0.3) is 0 Å². The summed E-state index contributed by atoms with van der Waals surface area (Å²) in [5.74, 6) is -2.26. The number of likely N-dealkylation sites (N-methyl/N-ethyl adjacent to an activating group) is 1. The van der Waals surface area contributed by atoms with Crippen molar-refractivity contribution in [2.75, 3.05) is 47.5 Å². The van der Waals surface area contributed by atoms with Gasteiger partial charge in [-0.25, -0.2) is 0 Å². The predicted molar refractivity (Wildman–Crippen MR) is 362 cm³/mol. The minimum absolute atomic E-state index is 0.148. The molecule has 0 rings (SSSR count). The van der Waals surface area contributed by atoms with Crippen molar-refractivity contribution in [2.45, 2.75) is 360 Å². The van der Waals surface area contributed by atoms with E-state index in [-0.39, 0.29) is 32.2 Å². The number of hydrogen-bond donors (Lipinski definition) is 0. The van der Waals surface area contributed by atoms with E-state index in [0.29, 0.717) is 23.9 Å². The Morgan fingerprint density at radius 2 is 0.635 bits per heavy atom. The van der Waals surface area contributed by atoms with Crippen LogP contribution in [0, 0.1) is 0 Å². The van der Waals surface area contributed by atoms with Crippen LogP contribution in [0.4, 0.5) is 0 Å². The fourth-order valence-corrected chi connectivity index (χ4v) is 10.6. The van der Waals surface area contributed by atoms with Crippen LogP contribution in [0.2, 0.25) is 0 Å². The summed E-state index contributed by atoms with van der Waals surface area (Å²) in [6.45, 7) is 4.77. The Morgan fingerprint density at radius 3 is 0.941 bits per heavy atom. The average molecular weight is 1190 g/mol. The van der Waals surface area contributed by atoms with Crippen LogP contribution < -0.4 is 5.11 Å². The second-order valence-electron chi connectivity index (χ2n) is 25.9. The number of carboxylic acids is 1. The molecule has 0 aromatic carbocycles. The van der Waals surface area contributed by atoms with Gasteiger partial charge in [0.2, 0.25) is 0 Å². The lowest BCUT2D eigenvalue weighted by Gasteiger charge is -2.26. The van der Waals surface area contributed by atoms with Gasteiger partial charge in [0.1, 0.15) is 13.2 Å². The van der Waals surface area contributed by atoms with Gasteiger partial charge in [-0.15, -0.1) is 0 Å². The van der Waals surface area contributed by atoms with E-state index < -0.39 is 24.3 Å². The smallest absolute Gasteiger partial charge is 0.306 e. The lowest BCUT2D eigenvalue weighted by molar-refractivity contribution is -0.870. The molecule has 0 aromatic rings. The number of aliphatic carboxylic acids is 1. The zero-order valence-corrected chi connectivity index (χ0v) is 56.7. The average Bonchev–Trinajstić information content (AvgIpc) is 3.48. The topological polar surface area (TPSA) is 111 Å². The quantitative estimate of drug-likeness (QED) is 0.0195. The second kappa shape index (κ2) is 66.9. The molecule has 0 spiro atoms. The number of hydrogen-bond acceptors (Lipinski definition) is 8. The zero-order chi connectivity index (χ0) is 61.9. The molecule has 496 valence electrons. The molecule has 0 heterocycles. The van der Waals surface area contributed by atoms with E-state index in [1.54, 1.807) is 0 Å². The number of quaternary nitrogens is 1. The molecule has 0 fully saturated rings. The van der Waals surface area contributed by atoms with E-state index >= 15 is 0 Å². The van der Waals surface area contributed by atoms with Gasteiger partial charge in [-0.1, -0.05) is 312 Å². The van der Waals surface area contributed by atoms with Crippen molar-refractivity contribution in [3.63, 3.8) is 0 Å². The van der Waals surface area contributed by atoms with Crippen molar-refractivity contribution >= 4 is 17.9 Å². The van der Waals surface area contributed by atoms with Crippen LogP contribution in [-0.2, 0) is 33.3 Å². The van der Waals surface area contributed by atoms with E-state index in [1.807, 2.05) is 21.1 Å². The summed E-state index contributed by atoms with van der Waals surface area (Å²) in [7, 11) is 5.94. The summed E-state index contributed by atoms with van der Waals surface area (Å²) in [6, 6.07) is 0. The first-order valence-electron chi connectivity index (χ1n) is 36.4.